The molecule has 1 fully saturated rings. The van der Waals surface area contributed by atoms with Crippen LogP contribution >= 0.6 is 0 Å². The number of aromatic nitrogens is 1. The molecule has 1 atom stereocenters. The summed E-state index contributed by atoms with van der Waals surface area (Å²) in [5.41, 5.74) is -1.17. The van der Waals surface area contributed by atoms with Crippen LogP contribution in [0, 0.1) is 17.0 Å². The Hall–Kier alpha value is -2.51. The van der Waals surface area contributed by atoms with Crippen molar-refractivity contribution in [2.45, 2.75) is 32.2 Å². The van der Waals surface area contributed by atoms with Gasteiger partial charge in [0.05, 0.1) is 16.2 Å². The fourth-order valence-electron chi connectivity index (χ4n) is 2.49. The van der Waals surface area contributed by atoms with Crippen LogP contribution in [0.1, 0.15) is 35.8 Å². The Morgan fingerprint density at radius 3 is 2.76 bits per heavy atom. The SMILES string of the molecule is Cc1ncc([N+](=O)[O-])cc1C(=O)N1CCCC1(C)C(=O)O. The first-order valence-corrected chi connectivity index (χ1v) is 6.44. The van der Waals surface area contributed by atoms with Crippen LogP contribution in [0.2, 0.25) is 0 Å². The van der Waals surface area contributed by atoms with Gasteiger partial charge >= 0.3 is 5.97 Å². The Labute approximate surface area is 120 Å². The molecule has 1 N–H and O–H groups in total. The van der Waals surface area contributed by atoms with Gasteiger partial charge in [0.1, 0.15) is 11.7 Å². The first-order chi connectivity index (χ1) is 9.77. The van der Waals surface area contributed by atoms with E-state index in [1.807, 2.05) is 0 Å². The summed E-state index contributed by atoms with van der Waals surface area (Å²) in [6.07, 6.45) is 2.01. The minimum atomic E-state index is -1.28. The number of carbonyl (C=O) groups excluding carboxylic acids is 1. The molecule has 8 heteroatoms. The summed E-state index contributed by atoms with van der Waals surface area (Å²) in [5.74, 6) is -1.62. The lowest BCUT2D eigenvalue weighted by Gasteiger charge is -2.31. The first-order valence-electron chi connectivity index (χ1n) is 6.44. The van der Waals surface area contributed by atoms with Crippen molar-refractivity contribution >= 4 is 17.6 Å². The number of aryl methyl sites for hydroxylation is 1. The number of carbonyl (C=O) groups is 2. The third-order valence-corrected chi connectivity index (χ3v) is 3.86. The number of pyridine rings is 1. The highest BCUT2D eigenvalue weighted by Gasteiger charge is 2.46. The van der Waals surface area contributed by atoms with Crippen LogP contribution in [-0.2, 0) is 4.79 Å². The molecule has 0 saturated carbocycles. The molecule has 2 rings (SSSR count). The van der Waals surface area contributed by atoms with Crippen LogP contribution in [0.4, 0.5) is 5.69 Å². The number of nitrogens with zero attached hydrogens (tertiary/aromatic N) is 3. The summed E-state index contributed by atoms with van der Waals surface area (Å²) in [4.78, 5) is 39.2. The van der Waals surface area contributed by atoms with Gasteiger partial charge in [-0.2, -0.15) is 0 Å². The average molecular weight is 293 g/mol. The summed E-state index contributed by atoms with van der Waals surface area (Å²) in [6.45, 7) is 3.36. The highest BCUT2D eigenvalue weighted by atomic mass is 16.6. The third-order valence-electron chi connectivity index (χ3n) is 3.86. The van der Waals surface area contributed by atoms with E-state index in [4.69, 9.17) is 0 Å². The van der Waals surface area contributed by atoms with E-state index in [1.165, 1.54) is 11.8 Å². The van der Waals surface area contributed by atoms with Crippen LogP contribution in [0.5, 0.6) is 0 Å². The van der Waals surface area contributed by atoms with Crippen LogP contribution in [-0.4, -0.2) is 43.9 Å². The Balaban J connectivity index is 2.42. The smallest absolute Gasteiger partial charge is 0.329 e. The van der Waals surface area contributed by atoms with E-state index in [0.717, 1.165) is 12.3 Å². The molecule has 1 amide bonds. The largest absolute Gasteiger partial charge is 0.480 e. The van der Waals surface area contributed by atoms with E-state index in [9.17, 15) is 24.8 Å². The predicted octanol–water partition coefficient (Wildman–Crippen LogP) is 1.38. The summed E-state index contributed by atoms with van der Waals surface area (Å²) >= 11 is 0. The lowest BCUT2D eigenvalue weighted by atomic mass is 9.98. The van der Waals surface area contributed by atoms with Crippen molar-refractivity contribution in [3.8, 4) is 0 Å². The monoisotopic (exact) mass is 293 g/mol. The van der Waals surface area contributed by atoms with E-state index in [-0.39, 0.29) is 11.3 Å². The number of rotatable bonds is 3. The maximum absolute atomic E-state index is 12.6. The van der Waals surface area contributed by atoms with E-state index < -0.39 is 22.3 Å². The summed E-state index contributed by atoms with van der Waals surface area (Å²) in [7, 11) is 0. The molecule has 1 unspecified atom stereocenters. The Kier molecular flexibility index (Phi) is 3.63. The normalized spacial score (nSPS) is 21.3. The second-order valence-corrected chi connectivity index (χ2v) is 5.22. The van der Waals surface area contributed by atoms with Crippen molar-refractivity contribution in [3.63, 3.8) is 0 Å². The number of carboxylic acid groups (broad SMARTS) is 1. The lowest BCUT2D eigenvalue weighted by molar-refractivity contribution is -0.385. The van der Waals surface area contributed by atoms with Gasteiger partial charge in [-0.1, -0.05) is 0 Å². The number of hydrogen-bond acceptors (Lipinski definition) is 5. The van der Waals surface area contributed by atoms with Crippen molar-refractivity contribution in [2.24, 2.45) is 0 Å². The molecule has 112 valence electrons. The minimum Gasteiger partial charge on any atom is -0.480 e. The molecule has 1 saturated heterocycles. The van der Waals surface area contributed by atoms with E-state index in [2.05, 4.69) is 4.98 Å². The summed E-state index contributed by atoms with van der Waals surface area (Å²) in [6, 6.07) is 1.14. The van der Waals surface area contributed by atoms with Crippen LogP contribution in [0.3, 0.4) is 0 Å². The third kappa shape index (κ3) is 2.44. The second kappa shape index (κ2) is 5.12. The quantitative estimate of drug-likeness (QED) is 0.665. The van der Waals surface area contributed by atoms with E-state index >= 15 is 0 Å². The van der Waals surface area contributed by atoms with Gasteiger partial charge in [-0.25, -0.2) is 4.79 Å². The maximum Gasteiger partial charge on any atom is 0.329 e. The highest BCUT2D eigenvalue weighted by Crippen LogP contribution is 2.31. The predicted molar refractivity (Wildman–Crippen MR) is 71.9 cm³/mol. The van der Waals surface area contributed by atoms with Crippen LogP contribution in [0.25, 0.3) is 0 Å². The number of likely N-dealkylation sites (tertiary alicyclic amines) is 1. The van der Waals surface area contributed by atoms with Gasteiger partial charge < -0.3 is 10.0 Å². The van der Waals surface area contributed by atoms with Crippen molar-refractivity contribution in [2.75, 3.05) is 6.54 Å². The zero-order valence-electron chi connectivity index (χ0n) is 11.7. The van der Waals surface area contributed by atoms with Gasteiger partial charge in [0.25, 0.3) is 11.6 Å². The molecule has 0 aromatic carbocycles. The molecule has 8 nitrogen and oxygen atoms in total. The minimum absolute atomic E-state index is 0.0681. The molecule has 1 aromatic rings. The fraction of sp³-hybridized carbons (Fsp3) is 0.462. The molecule has 1 aromatic heterocycles. The Bertz CT molecular complexity index is 630. The summed E-state index contributed by atoms with van der Waals surface area (Å²) in [5, 5.41) is 20.1. The van der Waals surface area contributed by atoms with Gasteiger partial charge in [-0.05, 0) is 26.7 Å². The molecule has 21 heavy (non-hydrogen) atoms. The summed E-state index contributed by atoms with van der Waals surface area (Å²) < 4.78 is 0. The molecular formula is C13H15N3O5. The molecule has 0 aliphatic carbocycles. The van der Waals surface area contributed by atoms with Crippen molar-refractivity contribution < 1.29 is 19.6 Å². The molecular weight excluding hydrogens is 278 g/mol. The maximum atomic E-state index is 12.6. The van der Waals surface area contributed by atoms with E-state index in [0.29, 0.717) is 25.1 Å². The number of hydrogen-bond donors (Lipinski definition) is 1. The van der Waals surface area contributed by atoms with Crippen molar-refractivity contribution in [1.29, 1.82) is 0 Å². The fourth-order valence-corrected chi connectivity index (χ4v) is 2.49. The highest BCUT2D eigenvalue weighted by molar-refractivity contribution is 5.99. The van der Waals surface area contributed by atoms with Gasteiger partial charge in [0.2, 0.25) is 0 Å². The number of amides is 1. The standard InChI is InChI=1S/C13H15N3O5/c1-8-10(6-9(7-14-8)16(20)21)11(17)15-5-3-4-13(15,2)12(18)19/h6-7H,3-5H2,1-2H3,(H,18,19). The van der Waals surface area contributed by atoms with Crippen LogP contribution < -0.4 is 0 Å². The lowest BCUT2D eigenvalue weighted by Crippen LogP contribution is -2.50. The molecule has 2 heterocycles. The topological polar surface area (TPSA) is 114 Å². The molecule has 0 spiro atoms. The molecule has 1 aliphatic rings. The number of nitro groups is 1. The zero-order valence-corrected chi connectivity index (χ0v) is 11.7. The van der Waals surface area contributed by atoms with Crippen molar-refractivity contribution in [3.05, 3.63) is 33.6 Å². The van der Waals surface area contributed by atoms with Gasteiger partial charge in [-0.3, -0.25) is 19.9 Å². The van der Waals surface area contributed by atoms with Crippen LogP contribution in [0.15, 0.2) is 12.3 Å². The molecule has 0 radical (unpaired) electrons. The van der Waals surface area contributed by atoms with Gasteiger partial charge in [0.15, 0.2) is 0 Å². The molecule has 1 aliphatic heterocycles. The van der Waals surface area contributed by atoms with Gasteiger partial charge in [-0.15, -0.1) is 0 Å². The van der Waals surface area contributed by atoms with Gasteiger partial charge in [0, 0.05) is 12.6 Å². The first kappa shape index (κ1) is 14.9. The van der Waals surface area contributed by atoms with Crippen molar-refractivity contribution in [1.82, 2.24) is 9.88 Å². The van der Waals surface area contributed by atoms with E-state index in [1.54, 1.807) is 6.92 Å². The number of carboxylic acids is 1. The Morgan fingerprint density at radius 1 is 1.52 bits per heavy atom. The Morgan fingerprint density at radius 2 is 2.19 bits per heavy atom. The second-order valence-electron chi connectivity index (χ2n) is 5.22. The zero-order chi connectivity index (χ0) is 15.8. The number of aliphatic carboxylic acids is 1. The molecule has 0 bridgehead atoms. The average Bonchev–Trinajstić information content (AvgIpc) is 2.81.